The lowest BCUT2D eigenvalue weighted by Gasteiger charge is -2.50. The summed E-state index contributed by atoms with van der Waals surface area (Å²) < 4.78 is 11.6. The van der Waals surface area contributed by atoms with Crippen LogP contribution in [0, 0.1) is 0 Å². The summed E-state index contributed by atoms with van der Waals surface area (Å²) in [6.45, 7) is 4.17. The minimum atomic E-state index is -0.831. The fourth-order valence-electron chi connectivity index (χ4n) is 4.44. The normalized spacial score (nSPS) is 25.7. The van der Waals surface area contributed by atoms with Crippen molar-refractivity contribution in [3.63, 3.8) is 0 Å². The highest BCUT2D eigenvalue weighted by Gasteiger charge is 2.49. The highest BCUT2D eigenvalue weighted by molar-refractivity contribution is 5.99. The van der Waals surface area contributed by atoms with E-state index in [-0.39, 0.29) is 18.0 Å². The van der Waals surface area contributed by atoms with E-state index in [1.807, 2.05) is 43.3 Å². The zero-order valence-electron chi connectivity index (χ0n) is 16.3. The van der Waals surface area contributed by atoms with Gasteiger partial charge in [0.25, 0.3) is 5.91 Å². The van der Waals surface area contributed by atoms with Crippen molar-refractivity contribution < 1.29 is 19.1 Å². The maximum atomic E-state index is 13.0. The number of urea groups is 1. The number of anilines is 1. The molecule has 3 aliphatic rings. The van der Waals surface area contributed by atoms with Gasteiger partial charge in [0.05, 0.1) is 24.9 Å². The number of carbonyl (C=O) groups is 2. The third-order valence-electron chi connectivity index (χ3n) is 5.83. The molecule has 0 spiro atoms. The first-order chi connectivity index (χ1) is 14.0. The van der Waals surface area contributed by atoms with Crippen LogP contribution in [0.25, 0.3) is 0 Å². The summed E-state index contributed by atoms with van der Waals surface area (Å²) in [7, 11) is 0. The standard InChI is InChI=1S/C22H23N3O4/c1-22-14-18(17-7-2-3-8-19(17)29-22)23-21(27)25(22)16-6-4-5-15(13-16)20(26)24-9-11-28-12-10-24/h2-8,13,18H,9-12,14H2,1H3,(H,23,27)/t18-,22-/m1/s1. The minimum absolute atomic E-state index is 0.0505. The average Bonchev–Trinajstić information content (AvgIpc) is 2.73. The molecule has 150 valence electrons. The van der Waals surface area contributed by atoms with Gasteiger partial charge in [0, 0.05) is 30.6 Å². The number of para-hydroxylation sites is 1. The van der Waals surface area contributed by atoms with E-state index in [1.54, 1.807) is 21.9 Å². The van der Waals surface area contributed by atoms with Gasteiger partial charge in [0.1, 0.15) is 5.75 Å². The van der Waals surface area contributed by atoms with Crippen LogP contribution in [0.1, 0.15) is 35.3 Å². The molecule has 3 amide bonds. The van der Waals surface area contributed by atoms with Gasteiger partial charge in [0.15, 0.2) is 5.72 Å². The van der Waals surface area contributed by atoms with Gasteiger partial charge in [0.2, 0.25) is 0 Å². The van der Waals surface area contributed by atoms with Crippen LogP contribution in [0.2, 0.25) is 0 Å². The molecule has 0 radical (unpaired) electrons. The Hall–Kier alpha value is -3.06. The molecular formula is C22H23N3O4. The summed E-state index contributed by atoms with van der Waals surface area (Å²) in [5, 5.41) is 3.08. The second-order valence-corrected chi connectivity index (χ2v) is 7.81. The monoisotopic (exact) mass is 393 g/mol. The van der Waals surface area contributed by atoms with E-state index in [1.165, 1.54) is 0 Å². The third kappa shape index (κ3) is 3.02. The number of amides is 3. The number of nitrogens with one attached hydrogen (secondary N) is 1. The van der Waals surface area contributed by atoms with Crippen LogP contribution in [-0.2, 0) is 4.74 Å². The molecule has 5 rings (SSSR count). The van der Waals surface area contributed by atoms with Crippen LogP contribution in [0.3, 0.4) is 0 Å². The largest absolute Gasteiger partial charge is 0.467 e. The molecule has 2 bridgehead atoms. The first kappa shape index (κ1) is 18.0. The van der Waals surface area contributed by atoms with Crippen molar-refractivity contribution in [2.24, 2.45) is 0 Å². The molecule has 2 aromatic rings. The van der Waals surface area contributed by atoms with Gasteiger partial charge in [-0.15, -0.1) is 0 Å². The summed E-state index contributed by atoms with van der Waals surface area (Å²) in [6.07, 6.45) is 0.622. The number of benzene rings is 2. The molecule has 1 N–H and O–H groups in total. The molecule has 3 heterocycles. The maximum Gasteiger partial charge on any atom is 0.325 e. The van der Waals surface area contributed by atoms with Crippen molar-refractivity contribution in [3.8, 4) is 5.75 Å². The number of hydrogen-bond acceptors (Lipinski definition) is 4. The first-order valence-corrected chi connectivity index (χ1v) is 9.91. The van der Waals surface area contributed by atoms with Gasteiger partial charge in [-0.25, -0.2) is 4.79 Å². The number of fused-ring (bicyclic) bond motifs is 4. The van der Waals surface area contributed by atoms with E-state index in [0.29, 0.717) is 44.0 Å². The third-order valence-corrected chi connectivity index (χ3v) is 5.83. The van der Waals surface area contributed by atoms with Crippen molar-refractivity contribution in [3.05, 3.63) is 59.7 Å². The van der Waals surface area contributed by atoms with Gasteiger partial charge >= 0.3 is 6.03 Å². The van der Waals surface area contributed by atoms with E-state index in [9.17, 15) is 9.59 Å². The van der Waals surface area contributed by atoms with E-state index in [4.69, 9.17) is 9.47 Å². The lowest BCUT2D eigenvalue weighted by Crippen LogP contribution is -2.65. The Morgan fingerprint density at radius 1 is 1.14 bits per heavy atom. The highest BCUT2D eigenvalue weighted by Crippen LogP contribution is 2.45. The molecule has 2 fully saturated rings. The van der Waals surface area contributed by atoms with Crippen LogP contribution < -0.4 is 15.0 Å². The molecule has 7 nitrogen and oxygen atoms in total. The lowest BCUT2D eigenvalue weighted by atomic mass is 9.90. The van der Waals surface area contributed by atoms with Crippen molar-refractivity contribution in [1.82, 2.24) is 10.2 Å². The van der Waals surface area contributed by atoms with E-state index >= 15 is 0 Å². The lowest BCUT2D eigenvalue weighted by molar-refractivity contribution is 0.0301. The van der Waals surface area contributed by atoms with Crippen LogP contribution >= 0.6 is 0 Å². The first-order valence-electron chi connectivity index (χ1n) is 9.91. The molecule has 7 heteroatoms. The second kappa shape index (κ2) is 6.77. The summed E-state index contributed by atoms with van der Waals surface area (Å²) >= 11 is 0. The van der Waals surface area contributed by atoms with Gasteiger partial charge in [-0.3, -0.25) is 9.69 Å². The van der Waals surface area contributed by atoms with Crippen LogP contribution in [0.4, 0.5) is 10.5 Å². The molecule has 2 saturated heterocycles. The topological polar surface area (TPSA) is 71.1 Å². The highest BCUT2D eigenvalue weighted by atomic mass is 16.5. The summed E-state index contributed by atoms with van der Waals surface area (Å²) in [5.41, 5.74) is 1.36. The molecular weight excluding hydrogens is 370 g/mol. The predicted octanol–water partition coefficient (Wildman–Crippen LogP) is 2.93. The number of morpholine rings is 1. The van der Waals surface area contributed by atoms with E-state index in [2.05, 4.69) is 5.32 Å². The van der Waals surface area contributed by atoms with Crippen LogP contribution in [-0.4, -0.2) is 48.9 Å². The maximum absolute atomic E-state index is 13.0. The predicted molar refractivity (Wildman–Crippen MR) is 107 cm³/mol. The summed E-state index contributed by atoms with van der Waals surface area (Å²) in [5.74, 6) is 0.724. The van der Waals surface area contributed by atoms with Crippen molar-refractivity contribution in [2.45, 2.75) is 25.1 Å². The van der Waals surface area contributed by atoms with Gasteiger partial charge in [-0.2, -0.15) is 0 Å². The molecule has 0 saturated carbocycles. The molecule has 0 aliphatic carbocycles. The number of rotatable bonds is 2. The number of nitrogens with zero attached hydrogens (tertiary/aromatic N) is 2. The molecule has 0 unspecified atom stereocenters. The van der Waals surface area contributed by atoms with E-state index in [0.717, 1.165) is 11.3 Å². The summed E-state index contributed by atoms with van der Waals surface area (Å²) in [4.78, 5) is 29.3. The molecule has 2 aromatic carbocycles. The van der Waals surface area contributed by atoms with Crippen LogP contribution in [0.5, 0.6) is 5.75 Å². The summed E-state index contributed by atoms with van der Waals surface area (Å²) in [6, 6.07) is 14.7. The number of carbonyl (C=O) groups excluding carboxylic acids is 2. The minimum Gasteiger partial charge on any atom is -0.467 e. The van der Waals surface area contributed by atoms with Crippen molar-refractivity contribution in [1.29, 1.82) is 0 Å². The number of ether oxygens (including phenoxy) is 2. The van der Waals surface area contributed by atoms with Crippen LogP contribution in [0.15, 0.2) is 48.5 Å². The molecule has 2 atom stereocenters. The quantitative estimate of drug-likeness (QED) is 0.852. The second-order valence-electron chi connectivity index (χ2n) is 7.81. The Balaban J connectivity index is 1.48. The SMILES string of the molecule is C[C@@]12C[C@@H](NC(=O)N1c1cccc(C(=O)N3CCOCC3)c1)c1ccccc1O2. The average molecular weight is 393 g/mol. The zero-order valence-corrected chi connectivity index (χ0v) is 16.3. The van der Waals surface area contributed by atoms with Gasteiger partial charge < -0.3 is 19.7 Å². The molecule has 0 aromatic heterocycles. The smallest absolute Gasteiger partial charge is 0.325 e. The Kier molecular flexibility index (Phi) is 4.20. The van der Waals surface area contributed by atoms with Crippen molar-refractivity contribution in [2.75, 3.05) is 31.2 Å². The zero-order chi connectivity index (χ0) is 20.0. The van der Waals surface area contributed by atoms with Gasteiger partial charge in [-0.05, 0) is 31.2 Å². The Morgan fingerprint density at radius 2 is 1.93 bits per heavy atom. The fourth-order valence-corrected chi connectivity index (χ4v) is 4.44. The Labute approximate surface area is 169 Å². The van der Waals surface area contributed by atoms with E-state index < -0.39 is 5.72 Å². The fraction of sp³-hybridized carbons (Fsp3) is 0.364. The Bertz CT molecular complexity index is 972. The van der Waals surface area contributed by atoms with Crippen molar-refractivity contribution >= 4 is 17.6 Å². The molecule has 29 heavy (non-hydrogen) atoms. The molecule has 3 aliphatic heterocycles. The van der Waals surface area contributed by atoms with Gasteiger partial charge in [-0.1, -0.05) is 24.3 Å². The number of hydrogen-bond donors (Lipinski definition) is 1. The Morgan fingerprint density at radius 3 is 2.76 bits per heavy atom.